The molecule has 0 amide bonds. The first-order valence-electron chi connectivity index (χ1n) is 7.03. The van der Waals surface area contributed by atoms with Crippen molar-refractivity contribution in [1.29, 1.82) is 0 Å². The fraction of sp³-hybridized carbons (Fsp3) is 0.529. The Morgan fingerprint density at radius 2 is 1.71 bits per heavy atom. The Morgan fingerprint density at radius 3 is 2.14 bits per heavy atom. The predicted molar refractivity (Wildman–Crippen MR) is 78.4 cm³/mol. The first-order valence-corrected chi connectivity index (χ1v) is 7.03. The van der Waals surface area contributed by atoms with Crippen LogP contribution in [0.3, 0.4) is 0 Å². The molecule has 0 heterocycles. The van der Waals surface area contributed by atoms with E-state index in [0.29, 0.717) is 5.56 Å². The van der Waals surface area contributed by atoms with Crippen molar-refractivity contribution in [3.05, 3.63) is 34.9 Å². The minimum absolute atomic E-state index is 0.0497. The molecule has 116 valence electrons. The van der Waals surface area contributed by atoms with Crippen LogP contribution in [0.1, 0.15) is 64.5 Å². The van der Waals surface area contributed by atoms with E-state index in [0.717, 1.165) is 0 Å². The van der Waals surface area contributed by atoms with Gasteiger partial charge in [-0.3, -0.25) is 4.79 Å². The molecular weight excluding hydrogens is 274 g/mol. The maximum absolute atomic E-state index is 14.1. The van der Waals surface area contributed by atoms with E-state index in [9.17, 15) is 18.4 Å². The van der Waals surface area contributed by atoms with Gasteiger partial charge in [-0.15, -0.1) is 0 Å². The van der Waals surface area contributed by atoms with Crippen molar-refractivity contribution < 1.29 is 18.4 Å². The second-order valence-corrected chi connectivity index (χ2v) is 6.52. The second-order valence-electron chi connectivity index (χ2n) is 6.52. The van der Waals surface area contributed by atoms with Gasteiger partial charge in [0.05, 0.1) is 0 Å². The van der Waals surface area contributed by atoms with Crippen LogP contribution in [0, 0.1) is 11.6 Å². The molecular formula is C17H22F2O2. The molecule has 0 N–H and O–H groups in total. The number of benzene rings is 1. The molecule has 0 aliphatic rings. The monoisotopic (exact) mass is 296 g/mol. The average molecular weight is 296 g/mol. The third-order valence-electron chi connectivity index (χ3n) is 3.57. The van der Waals surface area contributed by atoms with E-state index in [1.54, 1.807) is 6.07 Å². The van der Waals surface area contributed by atoms with E-state index in [1.165, 1.54) is 19.9 Å². The van der Waals surface area contributed by atoms with E-state index in [-0.39, 0.29) is 35.4 Å². The number of carbonyl (C=O) groups excluding carboxylic acids is 2. The second kappa shape index (κ2) is 6.46. The van der Waals surface area contributed by atoms with Crippen molar-refractivity contribution in [2.75, 3.05) is 0 Å². The molecule has 0 bridgehead atoms. The quantitative estimate of drug-likeness (QED) is 0.811. The molecule has 0 aromatic heterocycles. The maximum atomic E-state index is 14.1. The summed E-state index contributed by atoms with van der Waals surface area (Å²) in [5, 5.41) is 0. The smallest absolute Gasteiger partial charge is 0.162 e. The molecule has 21 heavy (non-hydrogen) atoms. The van der Waals surface area contributed by atoms with Crippen LogP contribution < -0.4 is 0 Å². The van der Waals surface area contributed by atoms with Crippen LogP contribution in [-0.2, 0) is 15.0 Å². The van der Waals surface area contributed by atoms with E-state index in [4.69, 9.17) is 0 Å². The van der Waals surface area contributed by atoms with Crippen LogP contribution in [0.4, 0.5) is 8.78 Å². The van der Waals surface area contributed by atoms with Crippen LogP contribution in [-0.4, -0.2) is 11.6 Å². The molecule has 4 heteroatoms. The van der Waals surface area contributed by atoms with E-state index in [2.05, 4.69) is 0 Å². The zero-order valence-electron chi connectivity index (χ0n) is 13.2. The molecule has 0 radical (unpaired) electrons. The molecule has 2 nitrogen and oxygen atoms in total. The molecule has 0 spiro atoms. The summed E-state index contributed by atoms with van der Waals surface area (Å²) in [6, 6.07) is 2.71. The van der Waals surface area contributed by atoms with E-state index >= 15 is 0 Å². The molecule has 1 unspecified atom stereocenters. The Kier molecular flexibility index (Phi) is 5.37. The molecule has 1 aromatic carbocycles. The standard InChI is InChI=1S/C17H22F2O2/c1-10(20)6-7-13(11(2)21)14-8-12(17(3,4)5)9-15(18)16(14)19/h8-9,13H,6-7H2,1-5H3. The van der Waals surface area contributed by atoms with Gasteiger partial charge in [0.2, 0.25) is 0 Å². The summed E-state index contributed by atoms with van der Waals surface area (Å²) in [7, 11) is 0. The van der Waals surface area contributed by atoms with Gasteiger partial charge in [-0.05, 0) is 37.3 Å². The number of ketones is 2. The highest BCUT2D eigenvalue weighted by molar-refractivity contribution is 5.84. The fourth-order valence-corrected chi connectivity index (χ4v) is 2.22. The lowest BCUT2D eigenvalue weighted by Crippen LogP contribution is -2.17. The van der Waals surface area contributed by atoms with Crippen LogP contribution in [0.15, 0.2) is 12.1 Å². The lowest BCUT2D eigenvalue weighted by molar-refractivity contribution is -0.119. The van der Waals surface area contributed by atoms with Gasteiger partial charge in [0, 0.05) is 17.9 Å². The number of Topliss-reactive ketones (excluding diaryl/α,β-unsaturated/α-hetero) is 2. The van der Waals surface area contributed by atoms with Gasteiger partial charge in [0.25, 0.3) is 0 Å². The van der Waals surface area contributed by atoms with Crippen molar-refractivity contribution in [1.82, 2.24) is 0 Å². The lowest BCUT2D eigenvalue weighted by Gasteiger charge is -2.23. The van der Waals surface area contributed by atoms with Crippen molar-refractivity contribution in [3.63, 3.8) is 0 Å². The Hall–Kier alpha value is -1.58. The number of hydrogen-bond acceptors (Lipinski definition) is 2. The molecule has 1 rings (SSSR count). The van der Waals surface area contributed by atoms with Gasteiger partial charge in [0.1, 0.15) is 11.6 Å². The highest BCUT2D eigenvalue weighted by atomic mass is 19.2. The minimum Gasteiger partial charge on any atom is -0.300 e. The third-order valence-corrected chi connectivity index (χ3v) is 3.57. The van der Waals surface area contributed by atoms with Crippen molar-refractivity contribution in [2.45, 2.75) is 58.8 Å². The Bertz CT molecular complexity index is 557. The maximum Gasteiger partial charge on any atom is 0.162 e. The lowest BCUT2D eigenvalue weighted by atomic mass is 9.82. The molecule has 0 saturated carbocycles. The number of hydrogen-bond donors (Lipinski definition) is 0. The summed E-state index contributed by atoms with van der Waals surface area (Å²) in [6.07, 6.45) is 0.375. The number of halogens is 2. The van der Waals surface area contributed by atoms with Gasteiger partial charge >= 0.3 is 0 Å². The summed E-state index contributed by atoms with van der Waals surface area (Å²) in [5.41, 5.74) is 0.324. The first-order chi connectivity index (χ1) is 9.54. The van der Waals surface area contributed by atoms with E-state index < -0.39 is 17.6 Å². The molecule has 0 aliphatic carbocycles. The highest BCUT2D eigenvalue weighted by Gasteiger charge is 2.26. The Morgan fingerprint density at radius 1 is 1.14 bits per heavy atom. The number of carbonyl (C=O) groups is 2. The fourth-order valence-electron chi connectivity index (χ4n) is 2.22. The zero-order chi connectivity index (χ0) is 16.4. The topological polar surface area (TPSA) is 34.1 Å². The molecule has 0 aliphatic heterocycles. The first kappa shape index (κ1) is 17.5. The van der Waals surface area contributed by atoms with Crippen LogP contribution >= 0.6 is 0 Å². The average Bonchev–Trinajstić information content (AvgIpc) is 2.32. The van der Waals surface area contributed by atoms with Gasteiger partial charge in [-0.1, -0.05) is 26.8 Å². The third kappa shape index (κ3) is 4.45. The number of rotatable bonds is 5. The normalized spacial score (nSPS) is 13.1. The Labute approximate surface area is 124 Å². The largest absolute Gasteiger partial charge is 0.300 e. The minimum atomic E-state index is -0.994. The van der Waals surface area contributed by atoms with Crippen molar-refractivity contribution in [3.8, 4) is 0 Å². The highest BCUT2D eigenvalue weighted by Crippen LogP contribution is 2.32. The van der Waals surface area contributed by atoms with E-state index in [1.807, 2.05) is 20.8 Å². The molecule has 0 saturated heterocycles. The van der Waals surface area contributed by atoms with Gasteiger partial charge in [-0.2, -0.15) is 0 Å². The van der Waals surface area contributed by atoms with Crippen molar-refractivity contribution in [2.24, 2.45) is 0 Å². The summed E-state index contributed by atoms with van der Waals surface area (Å²) >= 11 is 0. The molecule has 1 aromatic rings. The van der Waals surface area contributed by atoms with Crippen LogP contribution in [0.25, 0.3) is 0 Å². The van der Waals surface area contributed by atoms with Gasteiger partial charge < -0.3 is 4.79 Å². The summed E-state index contributed by atoms with van der Waals surface area (Å²) in [4.78, 5) is 22.9. The zero-order valence-corrected chi connectivity index (χ0v) is 13.2. The summed E-state index contributed by atoms with van der Waals surface area (Å²) in [6.45, 7) is 8.43. The summed E-state index contributed by atoms with van der Waals surface area (Å²) < 4.78 is 27.9. The predicted octanol–water partition coefficient (Wildman–Crippen LogP) is 4.30. The SMILES string of the molecule is CC(=O)CCC(C(C)=O)c1cc(C(C)(C)C)cc(F)c1F. The van der Waals surface area contributed by atoms with Crippen LogP contribution in [0.2, 0.25) is 0 Å². The van der Waals surface area contributed by atoms with Gasteiger partial charge in [-0.25, -0.2) is 8.78 Å². The van der Waals surface area contributed by atoms with Crippen LogP contribution in [0.5, 0.6) is 0 Å². The van der Waals surface area contributed by atoms with Crippen molar-refractivity contribution >= 4 is 11.6 Å². The van der Waals surface area contributed by atoms with Gasteiger partial charge in [0.15, 0.2) is 11.6 Å². The summed E-state index contributed by atoms with van der Waals surface area (Å²) in [5.74, 6) is -3.07. The molecule has 1 atom stereocenters. The Balaban J connectivity index is 3.33. The molecule has 0 fully saturated rings.